The van der Waals surface area contributed by atoms with Crippen LogP contribution in [-0.2, 0) is 9.53 Å². The average molecular weight is 463 g/mol. The monoisotopic (exact) mass is 462 g/mol. The SMILES string of the molecule is CCOC(=O)C1=C(C)NC(Nc2nc(C)c3cc(F)ccc3n2)=NC1c1ccc(N(C)C)cc1. The lowest BCUT2D eigenvalue weighted by Crippen LogP contribution is -2.37. The number of hydrogen-bond acceptors (Lipinski definition) is 8. The van der Waals surface area contributed by atoms with Crippen LogP contribution in [0.2, 0.25) is 0 Å². The normalized spacial score (nSPS) is 15.6. The first kappa shape index (κ1) is 23.2. The number of rotatable bonds is 5. The fourth-order valence-corrected chi connectivity index (χ4v) is 3.82. The van der Waals surface area contributed by atoms with Crippen molar-refractivity contribution in [2.45, 2.75) is 26.8 Å². The molecule has 1 aliphatic rings. The largest absolute Gasteiger partial charge is 0.463 e. The van der Waals surface area contributed by atoms with Crippen LogP contribution in [-0.4, -0.2) is 42.6 Å². The van der Waals surface area contributed by atoms with Crippen molar-refractivity contribution in [1.82, 2.24) is 15.3 Å². The summed E-state index contributed by atoms with van der Waals surface area (Å²) >= 11 is 0. The molecule has 1 aliphatic heterocycles. The standard InChI is InChI=1S/C25H27FN6O2/c1-6-34-23(33)21-15(3)28-25(30-22(21)16-7-10-18(11-8-16)32(4)5)31-24-27-14(2)19-13-17(26)9-12-20(19)29-24/h7-13,22H,6H2,1-5H3,(H2,27,28,29,30,31). The molecule has 0 radical (unpaired) electrons. The van der Waals surface area contributed by atoms with Crippen molar-refractivity contribution >= 4 is 34.5 Å². The molecule has 0 spiro atoms. The molecule has 2 aromatic carbocycles. The zero-order valence-electron chi connectivity index (χ0n) is 19.8. The van der Waals surface area contributed by atoms with Gasteiger partial charge in [0.2, 0.25) is 11.9 Å². The highest BCUT2D eigenvalue weighted by Gasteiger charge is 2.30. The number of aliphatic imine (C=N–C) groups is 1. The molecule has 34 heavy (non-hydrogen) atoms. The van der Waals surface area contributed by atoms with Gasteiger partial charge in [-0.1, -0.05) is 12.1 Å². The second kappa shape index (κ2) is 9.46. The minimum atomic E-state index is -0.574. The number of carbonyl (C=O) groups excluding carboxylic acids is 1. The maximum absolute atomic E-state index is 13.6. The highest BCUT2D eigenvalue weighted by molar-refractivity contribution is 5.99. The molecule has 9 heteroatoms. The summed E-state index contributed by atoms with van der Waals surface area (Å²) in [6.07, 6.45) is 0. The topological polar surface area (TPSA) is 91.7 Å². The van der Waals surface area contributed by atoms with Gasteiger partial charge in [0.25, 0.3) is 0 Å². The highest BCUT2D eigenvalue weighted by Crippen LogP contribution is 2.32. The smallest absolute Gasteiger partial charge is 0.338 e. The third-order valence-electron chi connectivity index (χ3n) is 5.54. The lowest BCUT2D eigenvalue weighted by Gasteiger charge is -2.26. The molecule has 2 N–H and O–H groups in total. The number of aryl methyl sites for hydroxylation is 1. The molecule has 1 aromatic heterocycles. The predicted octanol–water partition coefficient (Wildman–Crippen LogP) is 4.09. The van der Waals surface area contributed by atoms with Gasteiger partial charge in [0, 0.05) is 30.9 Å². The summed E-state index contributed by atoms with van der Waals surface area (Å²) in [5, 5.41) is 6.88. The molecule has 1 atom stereocenters. The first-order chi connectivity index (χ1) is 16.3. The third-order valence-corrected chi connectivity index (χ3v) is 5.54. The summed E-state index contributed by atoms with van der Waals surface area (Å²) in [5.41, 5.74) is 4.20. The van der Waals surface area contributed by atoms with Crippen LogP contribution in [0.25, 0.3) is 10.9 Å². The number of nitrogens with zero attached hydrogens (tertiary/aromatic N) is 4. The molecule has 3 aromatic rings. The Morgan fingerprint density at radius 3 is 2.56 bits per heavy atom. The summed E-state index contributed by atoms with van der Waals surface area (Å²) in [6.45, 7) is 5.64. The number of ether oxygens (including phenoxy) is 1. The van der Waals surface area contributed by atoms with Crippen LogP contribution >= 0.6 is 0 Å². The lowest BCUT2D eigenvalue weighted by atomic mass is 9.96. The van der Waals surface area contributed by atoms with E-state index in [-0.39, 0.29) is 12.4 Å². The lowest BCUT2D eigenvalue weighted by molar-refractivity contribution is -0.138. The first-order valence-electron chi connectivity index (χ1n) is 11.0. The summed E-state index contributed by atoms with van der Waals surface area (Å²) in [6, 6.07) is 11.7. The Labute approximate surface area is 197 Å². The van der Waals surface area contributed by atoms with Crippen molar-refractivity contribution in [3.8, 4) is 0 Å². The van der Waals surface area contributed by atoms with Gasteiger partial charge in [0.1, 0.15) is 11.9 Å². The number of nitrogens with one attached hydrogen (secondary N) is 2. The molecular weight excluding hydrogens is 435 g/mol. The van der Waals surface area contributed by atoms with Crippen LogP contribution in [0.3, 0.4) is 0 Å². The molecule has 0 aliphatic carbocycles. The van der Waals surface area contributed by atoms with Crippen LogP contribution < -0.4 is 15.5 Å². The van der Waals surface area contributed by atoms with Gasteiger partial charge >= 0.3 is 5.97 Å². The Kier molecular flexibility index (Phi) is 6.45. The molecule has 4 rings (SSSR count). The molecule has 0 bridgehead atoms. The van der Waals surface area contributed by atoms with Crippen molar-refractivity contribution in [3.63, 3.8) is 0 Å². The second-order valence-electron chi connectivity index (χ2n) is 8.17. The van der Waals surface area contributed by atoms with Crippen LogP contribution in [0.1, 0.15) is 31.1 Å². The zero-order valence-corrected chi connectivity index (χ0v) is 19.8. The molecular formula is C25H27FN6O2. The fourth-order valence-electron chi connectivity index (χ4n) is 3.82. The van der Waals surface area contributed by atoms with Gasteiger partial charge in [-0.15, -0.1) is 0 Å². The van der Waals surface area contributed by atoms with Crippen molar-refractivity contribution < 1.29 is 13.9 Å². The number of esters is 1. The second-order valence-corrected chi connectivity index (χ2v) is 8.17. The van der Waals surface area contributed by atoms with Crippen molar-refractivity contribution in [1.29, 1.82) is 0 Å². The molecule has 1 unspecified atom stereocenters. The van der Waals surface area contributed by atoms with Crippen LogP contribution in [0.5, 0.6) is 0 Å². The van der Waals surface area contributed by atoms with Crippen LogP contribution in [0, 0.1) is 12.7 Å². The highest BCUT2D eigenvalue weighted by atomic mass is 19.1. The van der Waals surface area contributed by atoms with E-state index in [1.165, 1.54) is 12.1 Å². The van der Waals surface area contributed by atoms with Gasteiger partial charge in [0.05, 0.1) is 23.4 Å². The van der Waals surface area contributed by atoms with Crippen molar-refractivity contribution in [2.24, 2.45) is 4.99 Å². The van der Waals surface area contributed by atoms with Gasteiger partial charge in [-0.2, -0.15) is 0 Å². The maximum Gasteiger partial charge on any atom is 0.338 e. The number of guanidine groups is 1. The summed E-state index contributed by atoms with van der Waals surface area (Å²) < 4.78 is 18.9. The quantitative estimate of drug-likeness (QED) is 0.552. The van der Waals surface area contributed by atoms with E-state index in [1.54, 1.807) is 26.8 Å². The molecule has 0 amide bonds. The minimum Gasteiger partial charge on any atom is -0.463 e. The Hall–Kier alpha value is -4.01. The Morgan fingerprint density at radius 1 is 1.15 bits per heavy atom. The third kappa shape index (κ3) is 4.68. The number of aromatic nitrogens is 2. The number of allylic oxidation sites excluding steroid dienone is 1. The number of fused-ring (bicyclic) bond motifs is 1. The van der Waals surface area contributed by atoms with Gasteiger partial charge in [-0.25, -0.2) is 24.1 Å². The molecule has 8 nitrogen and oxygen atoms in total. The minimum absolute atomic E-state index is 0.265. The van der Waals surface area contributed by atoms with E-state index in [2.05, 4.69) is 20.6 Å². The van der Waals surface area contributed by atoms with Crippen molar-refractivity contribution in [2.75, 3.05) is 30.9 Å². The van der Waals surface area contributed by atoms with E-state index < -0.39 is 12.0 Å². The van der Waals surface area contributed by atoms with E-state index in [0.29, 0.717) is 39.8 Å². The summed E-state index contributed by atoms with van der Waals surface area (Å²) in [4.78, 5) is 28.5. The van der Waals surface area contributed by atoms with Crippen molar-refractivity contribution in [3.05, 3.63) is 70.8 Å². The maximum atomic E-state index is 13.6. The van der Waals surface area contributed by atoms with Crippen LogP contribution in [0.15, 0.2) is 58.7 Å². The van der Waals surface area contributed by atoms with E-state index in [9.17, 15) is 9.18 Å². The zero-order chi connectivity index (χ0) is 24.4. The molecule has 2 heterocycles. The van der Waals surface area contributed by atoms with Gasteiger partial charge < -0.3 is 15.0 Å². The van der Waals surface area contributed by atoms with E-state index >= 15 is 0 Å². The number of carbonyl (C=O) groups is 1. The van der Waals surface area contributed by atoms with E-state index in [4.69, 9.17) is 9.73 Å². The molecule has 0 saturated carbocycles. The Balaban J connectivity index is 1.71. The molecule has 0 fully saturated rings. The predicted molar refractivity (Wildman–Crippen MR) is 131 cm³/mol. The summed E-state index contributed by atoms with van der Waals surface area (Å²) in [7, 11) is 3.93. The van der Waals surface area contributed by atoms with E-state index in [1.807, 2.05) is 43.3 Å². The first-order valence-corrected chi connectivity index (χ1v) is 11.0. The number of anilines is 2. The van der Waals surface area contributed by atoms with Gasteiger partial charge in [0.15, 0.2) is 0 Å². The van der Waals surface area contributed by atoms with Gasteiger partial charge in [-0.3, -0.25) is 5.32 Å². The Morgan fingerprint density at radius 2 is 1.88 bits per heavy atom. The molecule has 176 valence electrons. The number of halogens is 1. The number of hydrogen-bond donors (Lipinski definition) is 2. The Bertz CT molecular complexity index is 1300. The molecule has 0 saturated heterocycles. The summed E-state index contributed by atoms with van der Waals surface area (Å²) in [5.74, 6) is -0.0459. The fraction of sp³-hybridized carbons (Fsp3) is 0.280. The van der Waals surface area contributed by atoms with Gasteiger partial charge in [-0.05, 0) is 56.7 Å². The number of benzene rings is 2. The average Bonchev–Trinajstić information content (AvgIpc) is 2.79. The van der Waals surface area contributed by atoms with Crippen LogP contribution in [0.4, 0.5) is 16.0 Å². The van der Waals surface area contributed by atoms with E-state index in [0.717, 1.165) is 11.3 Å².